The molecule has 0 bridgehead atoms. The number of nitrogens with one attached hydrogen (secondary N) is 1. The van der Waals surface area contributed by atoms with Gasteiger partial charge in [0.1, 0.15) is 17.1 Å². The number of anilines is 1. The van der Waals surface area contributed by atoms with Gasteiger partial charge in [0, 0.05) is 43.6 Å². The Balaban J connectivity index is 1.43. The van der Waals surface area contributed by atoms with Crippen molar-refractivity contribution in [2.75, 3.05) is 38.2 Å². The summed E-state index contributed by atoms with van der Waals surface area (Å²) in [5, 5.41) is 0. The van der Waals surface area contributed by atoms with Gasteiger partial charge in [-0.1, -0.05) is 30.3 Å². The van der Waals surface area contributed by atoms with Crippen LogP contribution in [0.1, 0.15) is 10.4 Å². The first-order chi connectivity index (χ1) is 14.2. The number of carbonyl (C=O) groups is 1. The Bertz CT molecular complexity index is 1040. The molecule has 0 saturated carbocycles. The van der Waals surface area contributed by atoms with E-state index in [0.717, 1.165) is 17.0 Å². The second kappa shape index (κ2) is 8.18. The number of rotatable bonds is 4. The fourth-order valence-electron chi connectivity index (χ4n) is 3.42. The van der Waals surface area contributed by atoms with Gasteiger partial charge in [0.2, 0.25) is 0 Å². The van der Waals surface area contributed by atoms with Gasteiger partial charge in [-0.05, 0) is 24.3 Å². The summed E-state index contributed by atoms with van der Waals surface area (Å²) in [6.07, 6.45) is 1.37. The number of carbonyl (C=O) groups excluding carboxylic acids is 1. The molecule has 7 nitrogen and oxygen atoms in total. The fraction of sp³-hybridized carbons (Fsp3) is 0.227. The second-order valence-electron chi connectivity index (χ2n) is 6.82. The Kier molecular flexibility index (Phi) is 5.29. The zero-order chi connectivity index (χ0) is 20.2. The molecular formula is C22H22N4O3. The molecule has 1 aromatic heterocycles. The molecule has 1 aliphatic heterocycles. The van der Waals surface area contributed by atoms with E-state index in [1.54, 1.807) is 12.0 Å². The molecule has 0 spiro atoms. The zero-order valence-electron chi connectivity index (χ0n) is 16.2. The quantitative estimate of drug-likeness (QED) is 0.740. The molecule has 2 heterocycles. The molecule has 1 aliphatic rings. The van der Waals surface area contributed by atoms with Crippen molar-refractivity contribution in [3.63, 3.8) is 0 Å². The van der Waals surface area contributed by atoms with Gasteiger partial charge in [-0.25, -0.2) is 4.98 Å². The molecule has 7 heteroatoms. The summed E-state index contributed by atoms with van der Waals surface area (Å²) in [4.78, 5) is 36.2. The first kappa shape index (κ1) is 18.7. The lowest BCUT2D eigenvalue weighted by atomic mass is 10.2. The fourth-order valence-corrected chi connectivity index (χ4v) is 3.42. The summed E-state index contributed by atoms with van der Waals surface area (Å²) >= 11 is 0. The SMILES string of the molecule is COc1ccc(N2CCN(C(=O)c3cnc(-c4ccccc4)[nH]c3=O)CC2)cc1. The van der Waals surface area contributed by atoms with Crippen molar-refractivity contribution >= 4 is 11.6 Å². The monoisotopic (exact) mass is 390 g/mol. The van der Waals surface area contributed by atoms with Gasteiger partial charge in [0.25, 0.3) is 11.5 Å². The Hall–Kier alpha value is -3.61. The number of ether oxygens (including phenoxy) is 1. The molecule has 4 rings (SSSR count). The topological polar surface area (TPSA) is 78.5 Å². The van der Waals surface area contributed by atoms with E-state index in [0.29, 0.717) is 32.0 Å². The molecule has 0 radical (unpaired) electrons. The average Bonchev–Trinajstić information content (AvgIpc) is 2.79. The average molecular weight is 390 g/mol. The van der Waals surface area contributed by atoms with Crippen molar-refractivity contribution in [2.24, 2.45) is 0 Å². The first-order valence-corrected chi connectivity index (χ1v) is 9.49. The van der Waals surface area contributed by atoms with E-state index in [-0.39, 0.29) is 11.5 Å². The van der Waals surface area contributed by atoms with Crippen LogP contribution in [0.2, 0.25) is 0 Å². The van der Waals surface area contributed by atoms with Crippen molar-refractivity contribution in [1.29, 1.82) is 0 Å². The van der Waals surface area contributed by atoms with Crippen LogP contribution in [0, 0.1) is 0 Å². The number of piperazine rings is 1. The number of H-pyrrole nitrogens is 1. The number of aromatic amines is 1. The van der Waals surface area contributed by atoms with Crippen molar-refractivity contribution in [3.8, 4) is 17.1 Å². The molecule has 1 N–H and O–H groups in total. The highest BCUT2D eigenvalue weighted by molar-refractivity contribution is 5.93. The van der Waals surface area contributed by atoms with Crippen molar-refractivity contribution in [3.05, 3.63) is 76.7 Å². The number of methoxy groups -OCH3 is 1. The van der Waals surface area contributed by atoms with E-state index in [1.807, 2.05) is 54.6 Å². The van der Waals surface area contributed by atoms with Crippen LogP contribution in [0.15, 0.2) is 65.6 Å². The van der Waals surface area contributed by atoms with Crippen LogP contribution < -0.4 is 15.2 Å². The third kappa shape index (κ3) is 3.99. The van der Waals surface area contributed by atoms with Gasteiger partial charge in [-0.3, -0.25) is 9.59 Å². The van der Waals surface area contributed by atoms with E-state index in [1.165, 1.54) is 6.20 Å². The van der Waals surface area contributed by atoms with Crippen molar-refractivity contribution < 1.29 is 9.53 Å². The Morgan fingerprint density at radius 1 is 1.00 bits per heavy atom. The minimum atomic E-state index is -0.415. The summed E-state index contributed by atoms with van der Waals surface area (Å²) < 4.78 is 5.19. The number of hydrogen-bond acceptors (Lipinski definition) is 5. The summed E-state index contributed by atoms with van der Waals surface area (Å²) in [5.74, 6) is 0.984. The Labute approximate surface area is 168 Å². The van der Waals surface area contributed by atoms with Gasteiger partial charge in [0.05, 0.1) is 7.11 Å². The van der Waals surface area contributed by atoms with Gasteiger partial charge in [0.15, 0.2) is 0 Å². The van der Waals surface area contributed by atoms with Crippen molar-refractivity contribution in [2.45, 2.75) is 0 Å². The number of amides is 1. The van der Waals surface area contributed by atoms with E-state index in [2.05, 4.69) is 14.9 Å². The first-order valence-electron chi connectivity index (χ1n) is 9.49. The highest BCUT2D eigenvalue weighted by atomic mass is 16.5. The number of hydrogen-bond donors (Lipinski definition) is 1. The standard InChI is InChI=1S/C22H22N4O3/c1-29-18-9-7-17(8-10-18)25-11-13-26(14-12-25)22(28)19-15-23-20(24-21(19)27)16-5-3-2-4-6-16/h2-10,15H,11-14H2,1H3,(H,23,24,27). The second-order valence-corrected chi connectivity index (χ2v) is 6.82. The van der Waals surface area contributed by atoms with Crippen LogP contribution in [-0.2, 0) is 0 Å². The maximum atomic E-state index is 12.8. The maximum absolute atomic E-state index is 12.8. The van der Waals surface area contributed by atoms with Gasteiger partial charge < -0.3 is 19.5 Å². The molecule has 1 saturated heterocycles. The highest BCUT2D eigenvalue weighted by Gasteiger charge is 2.24. The van der Waals surface area contributed by atoms with Crippen LogP contribution in [-0.4, -0.2) is 54.1 Å². The van der Waals surface area contributed by atoms with Gasteiger partial charge >= 0.3 is 0 Å². The summed E-state index contributed by atoms with van der Waals surface area (Å²) in [7, 11) is 1.64. The Morgan fingerprint density at radius 3 is 2.31 bits per heavy atom. The largest absolute Gasteiger partial charge is 0.497 e. The van der Waals surface area contributed by atoms with Gasteiger partial charge in [-0.15, -0.1) is 0 Å². The Morgan fingerprint density at radius 2 is 1.69 bits per heavy atom. The summed E-state index contributed by atoms with van der Waals surface area (Å²) in [5.41, 5.74) is 1.55. The highest BCUT2D eigenvalue weighted by Crippen LogP contribution is 2.21. The molecule has 0 unspecified atom stereocenters. The normalized spacial score (nSPS) is 14.0. The number of nitrogens with zero attached hydrogens (tertiary/aromatic N) is 3. The molecular weight excluding hydrogens is 368 g/mol. The van der Waals surface area contributed by atoms with E-state index < -0.39 is 5.56 Å². The van der Waals surface area contributed by atoms with Crippen LogP contribution in [0.4, 0.5) is 5.69 Å². The number of benzene rings is 2. The van der Waals surface area contributed by atoms with Crippen LogP contribution in [0.25, 0.3) is 11.4 Å². The van der Waals surface area contributed by atoms with Crippen LogP contribution in [0.5, 0.6) is 5.75 Å². The minimum absolute atomic E-state index is 0.0718. The summed E-state index contributed by atoms with van der Waals surface area (Å²) in [6, 6.07) is 17.2. The van der Waals surface area contributed by atoms with Crippen LogP contribution >= 0.6 is 0 Å². The molecule has 2 aromatic carbocycles. The molecule has 148 valence electrons. The molecule has 1 fully saturated rings. The molecule has 1 amide bonds. The third-order valence-electron chi connectivity index (χ3n) is 5.08. The lowest BCUT2D eigenvalue weighted by Crippen LogP contribution is -2.49. The van der Waals surface area contributed by atoms with E-state index in [4.69, 9.17) is 4.74 Å². The maximum Gasteiger partial charge on any atom is 0.264 e. The molecule has 0 atom stereocenters. The van der Waals surface area contributed by atoms with Gasteiger partial charge in [-0.2, -0.15) is 0 Å². The van der Waals surface area contributed by atoms with E-state index >= 15 is 0 Å². The predicted molar refractivity (Wildman–Crippen MR) is 111 cm³/mol. The number of aromatic nitrogens is 2. The zero-order valence-corrected chi connectivity index (χ0v) is 16.2. The molecule has 3 aromatic rings. The molecule has 29 heavy (non-hydrogen) atoms. The lowest BCUT2D eigenvalue weighted by Gasteiger charge is -2.36. The smallest absolute Gasteiger partial charge is 0.264 e. The molecule has 0 aliphatic carbocycles. The third-order valence-corrected chi connectivity index (χ3v) is 5.08. The predicted octanol–water partition coefficient (Wildman–Crippen LogP) is 2.41. The van der Waals surface area contributed by atoms with Crippen molar-refractivity contribution in [1.82, 2.24) is 14.9 Å². The van der Waals surface area contributed by atoms with E-state index in [9.17, 15) is 9.59 Å². The lowest BCUT2D eigenvalue weighted by molar-refractivity contribution is 0.0744. The minimum Gasteiger partial charge on any atom is -0.497 e. The van der Waals surface area contributed by atoms with Crippen LogP contribution in [0.3, 0.4) is 0 Å². The summed E-state index contributed by atoms with van der Waals surface area (Å²) in [6.45, 7) is 2.49.